The number of aryl methyl sites for hydroxylation is 1. The van der Waals surface area contributed by atoms with Gasteiger partial charge in [0.15, 0.2) is 0 Å². The van der Waals surface area contributed by atoms with Gasteiger partial charge in [-0.3, -0.25) is 14.9 Å². The van der Waals surface area contributed by atoms with Crippen LogP contribution < -0.4 is 0 Å². The van der Waals surface area contributed by atoms with Crippen LogP contribution >= 0.6 is 11.8 Å². The van der Waals surface area contributed by atoms with Gasteiger partial charge in [0.1, 0.15) is 0 Å². The van der Waals surface area contributed by atoms with Crippen LogP contribution in [0.3, 0.4) is 0 Å². The first-order valence-electron chi connectivity index (χ1n) is 10.5. The third-order valence-electron chi connectivity index (χ3n) is 5.75. The summed E-state index contributed by atoms with van der Waals surface area (Å²) < 4.78 is 11.7. The highest BCUT2D eigenvalue weighted by atomic mass is 32.2. The molecule has 1 fully saturated rings. The third kappa shape index (κ3) is 5.95. The van der Waals surface area contributed by atoms with Gasteiger partial charge >= 0.3 is 5.97 Å². The number of thioether (sulfide) groups is 1. The van der Waals surface area contributed by atoms with Gasteiger partial charge in [-0.15, -0.1) is 11.8 Å². The monoisotopic (exact) mass is 423 g/mol. The molecule has 0 aromatic heterocycles. The number of hydrogen-bond donors (Lipinski definition) is 0. The van der Waals surface area contributed by atoms with Crippen molar-refractivity contribution in [1.29, 1.82) is 0 Å². The van der Waals surface area contributed by atoms with Crippen molar-refractivity contribution in [3.8, 4) is 0 Å². The molecular formula is C22H33NO5S. The fourth-order valence-corrected chi connectivity index (χ4v) is 5.38. The van der Waals surface area contributed by atoms with Crippen LogP contribution in [0.25, 0.3) is 0 Å². The number of carbonyl (C=O) groups is 1. The summed E-state index contributed by atoms with van der Waals surface area (Å²) in [6.45, 7) is 10.0. The Labute approximate surface area is 177 Å². The van der Waals surface area contributed by atoms with Gasteiger partial charge in [-0.25, -0.2) is 0 Å². The molecule has 0 spiro atoms. The molecule has 0 radical (unpaired) electrons. The Bertz CT molecular complexity index is 676. The van der Waals surface area contributed by atoms with Crippen molar-refractivity contribution in [3.05, 3.63) is 39.9 Å². The molecule has 0 aliphatic heterocycles. The van der Waals surface area contributed by atoms with E-state index in [1.165, 1.54) is 0 Å². The van der Waals surface area contributed by atoms with Crippen LogP contribution in [0.4, 0.5) is 0 Å². The topological polar surface area (TPSA) is 78.7 Å². The number of hydrogen-bond acceptors (Lipinski definition) is 6. The van der Waals surface area contributed by atoms with E-state index in [0.29, 0.717) is 0 Å². The van der Waals surface area contributed by atoms with Crippen molar-refractivity contribution in [2.75, 3.05) is 6.61 Å². The maximum Gasteiger partial charge on any atom is 0.310 e. The zero-order valence-corrected chi connectivity index (χ0v) is 18.8. The average Bonchev–Trinajstić information content (AvgIpc) is 2.69. The molecule has 0 amide bonds. The Kier molecular flexibility index (Phi) is 8.96. The predicted molar refractivity (Wildman–Crippen MR) is 115 cm³/mol. The fourth-order valence-electron chi connectivity index (χ4n) is 3.94. The molecule has 1 aliphatic carbocycles. The smallest absolute Gasteiger partial charge is 0.310 e. The number of rotatable bonds is 9. The van der Waals surface area contributed by atoms with E-state index >= 15 is 0 Å². The number of nitrogens with zero attached hydrogens (tertiary/aromatic N) is 1. The van der Waals surface area contributed by atoms with E-state index in [0.717, 1.165) is 23.3 Å². The molecule has 0 heterocycles. The molecule has 29 heavy (non-hydrogen) atoms. The molecule has 0 N–H and O–H groups in total. The van der Waals surface area contributed by atoms with Crippen molar-refractivity contribution in [2.24, 2.45) is 11.8 Å². The molecule has 1 aliphatic rings. The number of benzene rings is 1. The van der Waals surface area contributed by atoms with Crippen molar-refractivity contribution >= 4 is 17.7 Å². The minimum absolute atomic E-state index is 0.0110. The quantitative estimate of drug-likeness (QED) is 0.319. The Hall–Kier alpha value is -1.60. The summed E-state index contributed by atoms with van der Waals surface area (Å²) in [4.78, 5) is 25.3. The lowest BCUT2D eigenvalue weighted by Crippen LogP contribution is -2.54. The Morgan fingerprint density at radius 1 is 1.24 bits per heavy atom. The van der Waals surface area contributed by atoms with Crippen LogP contribution in [-0.4, -0.2) is 41.0 Å². The zero-order valence-electron chi connectivity index (χ0n) is 18.0. The van der Waals surface area contributed by atoms with Crippen LogP contribution in [0.5, 0.6) is 0 Å². The lowest BCUT2D eigenvalue weighted by atomic mass is 9.76. The molecule has 1 saturated carbocycles. The Morgan fingerprint density at radius 3 is 2.38 bits per heavy atom. The average molecular weight is 424 g/mol. The standard InChI is InChI=1S/C22H33NO5S/c1-6-16(7-2)28-20-15(5)19(23(25)26)13-18(22(24)27-8-3)21(20)29-17-11-9-14(4)10-12-17/h9-12,15-16,18-21H,6-8,13H2,1-5H3/t15-,18-,19+,20+,21-/m1/s1. The predicted octanol–water partition coefficient (Wildman–Crippen LogP) is 4.89. The van der Waals surface area contributed by atoms with E-state index in [1.54, 1.807) is 18.7 Å². The number of carbonyl (C=O) groups excluding carboxylic acids is 1. The largest absolute Gasteiger partial charge is 0.466 e. The summed E-state index contributed by atoms with van der Waals surface area (Å²) in [5.74, 6) is -1.24. The van der Waals surface area contributed by atoms with Crippen molar-refractivity contribution in [1.82, 2.24) is 0 Å². The maximum atomic E-state index is 12.8. The molecule has 0 bridgehead atoms. The van der Waals surface area contributed by atoms with Crippen molar-refractivity contribution in [3.63, 3.8) is 0 Å². The fraction of sp³-hybridized carbons (Fsp3) is 0.682. The van der Waals surface area contributed by atoms with E-state index in [9.17, 15) is 14.9 Å². The second-order valence-electron chi connectivity index (χ2n) is 7.74. The summed E-state index contributed by atoms with van der Waals surface area (Å²) in [7, 11) is 0. The van der Waals surface area contributed by atoms with Gasteiger partial charge in [0, 0.05) is 21.5 Å². The van der Waals surface area contributed by atoms with Crippen LogP contribution in [-0.2, 0) is 14.3 Å². The Balaban J connectivity index is 2.42. The molecule has 1 aromatic carbocycles. The molecule has 162 valence electrons. The molecule has 7 heteroatoms. The SMILES string of the molecule is CCOC(=O)[C@@H]1C[C@H]([N+](=O)[O-])[C@@H](C)[C@H](OC(CC)CC)[C@@H]1Sc1ccc(C)cc1. The first-order chi connectivity index (χ1) is 13.8. The van der Waals surface area contributed by atoms with Crippen molar-refractivity contribution in [2.45, 2.75) is 82.3 Å². The highest BCUT2D eigenvalue weighted by molar-refractivity contribution is 8.00. The molecule has 0 unspecified atom stereocenters. The lowest BCUT2D eigenvalue weighted by Gasteiger charge is -2.42. The number of ether oxygens (including phenoxy) is 2. The van der Waals surface area contributed by atoms with E-state index in [-0.39, 0.29) is 41.2 Å². The van der Waals surface area contributed by atoms with Gasteiger partial charge < -0.3 is 9.47 Å². The highest BCUT2D eigenvalue weighted by Gasteiger charge is 2.52. The molecular weight excluding hydrogens is 390 g/mol. The van der Waals surface area contributed by atoms with Crippen LogP contribution in [0, 0.1) is 28.9 Å². The van der Waals surface area contributed by atoms with E-state index < -0.39 is 18.1 Å². The Morgan fingerprint density at radius 2 is 1.86 bits per heavy atom. The van der Waals surface area contributed by atoms with Gasteiger partial charge in [0.2, 0.25) is 6.04 Å². The summed E-state index contributed by atoms with van der Waals surface area (Å²) >= 11 is 1.58. The van der Waals surface area contributed by atoms with E-state index in [4.69, 9.17) is 9.47 Å². The van der Waals surface area contributed by atoms with Gasteiger partial charge in [-0.1, -0.05) is 38.5 Å². The van der Waals surface area contributed by atoms with Gasteiger partial charge in [0.05, 0.1) is 30.7 Å². The molecule has 2 rings (SSSR count). The van der Waals surface area contributed by atoms with E-state index in [2.05, 4.69) is 13.8 Å². The van der Waals surface area contributed by atoms with Gasteiger partial charge in [-0.2, -0.15) is 0 Å². The van der Waals surface area contributed by atoms with Gasteiger partial charge in [0.25, 0.3) is 0 Å². The normalized spacial score (nSPS) is 27.0. The third-order valence-corrected chi connectivity index (χ3v) is 7.17. The lowest BCUT2D eigenvalue weighted by molar-refractivity contribution is -0.539. The van der Waals surface area contributed by atoms with E-state index in [1.807, 2.05) is 38.1 Å². The van der Waals surface area contributed by atoms with Crippen LogP contribution in [0.15, 0.2) is 29.2 Å². The molecule has 0 saturated heterocycles. The summed E-state index contributed by atoms with van der Waals surface area (Å²) in [5.41, 5.74) is 1.16. The first kappa shape index (κ1) is 23.7. The number of nitro groups is 1. The first-order valence-corrected chi connectivity index (χ1v) is 11.4. The van der Waals surface area contributed by atoms with Crippen LogP contribution in [0.1, 0.15) is 52.5 Å². The minimum Gasteiger partial charge on any atom is -0.466 e. The zero-order chi connectivity index (χ0) is 21.6. The second kappa shape index (κ2) is 11.0. The van der Waals surface area contributed by atoms with Gasteiger partial charge in [-0.05, 0) is 38.8 Å². The summed E-state index contributed by atoms with van der Waals surface area (Å²) in [6, 6.07) is 7.30. The minimum atomic E-state index is -0.821. The summed E-state index contributed by atoms with van der Waals surface area (Å²) in [6.07, 6.45) is 1.45. The molecule has 1 aromatic rings. The number of esters is 1. The maximum absolute atomic E-state index is 12.8. The molecule has 5 atom stereocenters. The van der Waals surface area contributed by atoms with Crippen molar-refractivity contribution < 1.29 is 19.2 Å². The second-order valence-corrected chi connectivity index (χ2v) is 8.99. The van der Waals surface area contributed by atoms with Crippen LogP contribution in [0.2, 0.25) is 0 Å². The summed E-state index contributed by atoms with van der Waals surface area (Å²) in [5, 5.41) is 11.5. The highest BCUT2D eigenvalue weighted by Crippen LogP contribution is 2.43. The molecule has 6 nitrogen and oxygen atoms in total.